The van der Waals surface area contributed by atoms with Gasteiger partial charge in [-0.25, -0.2) is 0 Å². The van der Waals surface area contributed by atoms with Gasteiger partial charge in [0.1, 0.15) is 23.7 Å². The highest BCUT2D eigenvalue weighted by atomic mass is 79.9. The molecular weight excluding hydrogens is 552 g/mol. The lowest BCUT2D eigenvalue weighted by molar-refractivity contribution is -0.122. The zero-order chi connectivity index (χ0) is 25.9. The molecule has 0 saturated carbocycles. The Bertz CT molecular complexity index is 1560. The van der Waals surface area contributed by atoms with Crippen LogP contribution in [0.4, 0.5) is 5.69 Å². The van der Waals surface area contributed by atoms with Gasteiger partial charge < -0.3 is 9.47 Å². The summed E-state index contributed by atoms with van der Waals surface area (Å²) in [5.41, 5.74) is 2.07. The quantitative estimate of drug-likeness (QED) is 0.174. The van der Waals surface area contributed by atoms with Crippen LogP contribution in [-0.2, 0) is 16.2 Å². The predicted molar refractivity (Wildman–Crippen MR) is 152 cm³/mol. The largest absolute Gasteiger partial charge is 0.497 e. The molecule has 0 bridgehead atoms. The van der Waals surface area contributed by atoms with Crippen LogP contribution in [0.15, 0.2) is 95.0 Å². The molecule has 0 aromatic heterocycles. The van der Waals surface area contributed by atoms with E-state index in [1.165, 1.54) is 11.0 Å². The van der Waals surface area contributed by atoms with Gasteiger partial charge in [-0.3, -0.25) is 19.8 Å². The van der Waals surface area contributed by atoms with E-state index in [9.17, 15) is 9.59 Å². The molecule has 4 aromatic rings. The van der Waals surface area contributed by atoms with Crippen molar-refractivity contribution in [2.75, 3.05) is 12.0 Å². The maximum Gasteiger partial charge on any atom is 0.270 e. The van der Waals surface area contributed by atoms with Crippen LogP contribution in [0.2, 0.25) is 0 Å². The van der Waals surface area contributed by atoms with Crippen molar-refractivity contribution >= 4 is 67.6 Å². The number of amides is 2. The zero-order valence-corrected chi connectivity index (χ0v) is 22.1. The van der Waals surface area contributed by atoms with Crippen molar-refractivity contribution in [3.8, 4) is 11.5 Å². The molecule has 1 aliphatic rings. The van der Waals surface area contributed by atoms with E-state index in [-0.39, 0.29) is 10.7 Å². The first-order chi connectivity index (χ1) is 17.9. The number of fused-ring (bicyclic) bond motifs is 1. The van der Waals surface area contributed by atoms with E-state index < -0.39 is 11.8 Å². The molecule has 5 rings (SSSR count). The summed E-state index contributed by atoms with van der Waals surface area (Å²) in [6, 6.07) is 26.5. The molecule has 37 heavy (non-hydrogen) atoms. The van der Waals surface area contributed by atoms with Crippen molar-refractivity contribution in [2.45, 2.75) is 6.61 Å². The van der Waals surface area contributed by atoms with Crippen molar-refractivity contribution in [1.29, 1.82) is 0 Å². The van der Waals surface area contributed by atoms with Gasteiger partial charge in [0.05, 0.1) is 12.8 Å². The summed E-state index contributed by atoms with van der Waals surface area (Å²) >= 11 is 8.78. The third-order valence-electron chi connectivity index (χ3n) is 5.97. The van der Waals surface area contributed by atoms with Gasteiger partial charge in [0.25, 0.3) is 11.8 Å². The fraction of sp³-hybridized carbons (Fsp3) is 0.0690. The minimum absolute atomic E-state index is 0.0130. The highest BCUT2D eigenvalue weighted by molar-refractivity contribution is 9.10. The molecule has 6 nitrogen and oxygen atoms in total. The second-order valence-electron chi connectivity index (χ2n) is 8.26. The summed E-state index contributed by atoms with van der Waals surface area (Å²) in [5.74, 6) is 0.0769. The standard InChI is InChI=1S/C29H21BrN2O4S/c1-35-23-12-10-22(11-13-23)32-28(34)25(27(33)31-29(32)37)16-20-15-21(30)9-14-26(20)36-17-19-7-4-6-18-5-2-3-8-24(18)19/h2-16H,17H2,1H3,(H,31,33,37)/b25-16-. The van der Waals surface area contributed by atoms with Gasteiger partial charge in [-0.05, 0) is 77.1 Å². The van der Waals surface area contributed by atoms with E-state index in [0.29, 0.717) is 29.4 Å². The molecule has 1 heterocycles. The monoisotopic (exact) mass is 572 g/mol. The number of methoxy groups -OCH3 is 1. The van der Waals surface area contributed by atoms with Crippen molar-refractivity contribution in [3.63, 3.8) is 0 Å². The predicted octanol–water partition coefficient (Wildman–Crippen LogP) is 6.02. The van der Waals surface area contributed by atoms with Crippen molar-refractivity contribution in [3.05, 3.63) is 106 Å². The second kappa shape index (κ2) is 10.5. The molecule has 184 valence electrons. The van der Waals surface area contributed by atoms with Gasteiger partial charge in [0, 0.05) is 10.0 Å². The molecule has 0 spiro atoms. The summed E-state index contributed by atoms with van der Waals surface area (Å²) in [5, 5.41) is 4.86. The summed E-state index contributed by atoms with van der Waals surface area (Å²) < 4.78 is 12.2. The molecule has 0 aliphatic carbocycles. The number of hydrogen-bond donors (Lipinski definition) is 1. The molecule has 1 N–H and O–H groups in total. The van der Waals surface area contributed by atoms with E-state index >= 15 is 0 Å². The average Bonchev–Trinajstić information content (AvgIpc) is 2.91. The van der Waals surface area contributed by atoms with Gasteiger partial charge in [0.15, 0.2) is 5.11 Å². The number of ether oxygens (including phenoxy) is 2. The molecule has 4 aromatic carbocycles. The van der Waals surface area contributed by atoms with Crippen molar-refractivity contribution in [1.82, 2.24) is 5.32 Å². The number of anilines is 1. The van der Waals surface area contributed by atoms with Crippen LogP contribution in [0.3, 0.4) is 0 Å². The van der Waals surface area contributed by atoms with Crippen LogP contribution in [0.25, 0.3) is 16.8 Å². The minimum Gasteiger partial charge on any atom is -0.497 e. The molecule has 1 fully saturated rings. The Labute approximate surface area is 227 Å². The summed E-state index contributed by atoms with van der Waals surface area (Å²) in [4.78, 5) is 27.6. The first kappa shape index (κ1) is 24.7. The van der Waals surface area contributed by atoms with Crippen LogP contribution >= 0.6 is 28.1 Å². The lowest BCUT2D eigenvalue weighted by Gasteiger charge is -2.29. The molecule has 1 aliphatic heterocycles. The van der Waals surface area contributed by atoms with Crippen molar-refractivity contribution in [2.24, 2.45) is 0 Å². The second-order valence-corrected chi connectivity index (χ2v) is 9.57. The fourth-order valence-corrected chi connectivity index (χ4v) is 4.78. The number of rotatable bonds is 6. The Hall–Kier alpha value is -4.01. The van der Waals surface area contributed by atoms with Crippen LogP contribution in [-0.4, -0.2) is 24.0 Å². The number of carbonyl (C=O) groups excluding carboxylic acids is 2. The van der Waals surface area contributed by atoms with E-state index in [4.69, 9.17) is 21.7 Å². The van der Waals surface area contributed by atoms with Crippen LogP contribution < -0.4 is 19.7 Å². The van der Waals surface area contributed by atoms with Crippen LogP contribution in [0, 0.1) is 0 Å². The molecule has 0 radical (unpaired) electrons. The normalized spacial score (nSPS) is 14.7. The number of halogens is 1. The molecule has 1 saturated heterocycles. The van der Waals surface area contributed by atoms with Gasteiger partial charge in [-0.1, -0.05) is 58.4 Å². The Morgan fingerprint density at radius 3 is 2.51 bits per heavy atom. The number of carbonyl (C=O) groups is 2. The molecule has 0 atom stereocenters. The Balaban J connectivity index is 1.47. The zero-order valence-electron chi connectivity index (χ0n) is 19.7. The molecule has 8 heteroatoms. The summed E-state index contributed by atoms with van der Waals surface area (Å²) in [6.45, 7) is 0.321. The van der Waals surface area contributed by atoms with Crippen LogP contribution in [0.1, 0.15) is 11.1 Å². The smallest absolute Gasteiger partial charge is 0.270 e. The highest BCUT2D eigenvalue weighted by Crippen LogP contribution is 2.30. The van der Waals surface area contributed by atoms with E-state index in [2.05, 4.69) is 39.4 Å². The Kier molecular flexibility index (Phi) is 7.03. The third-order valence-corrected chi connectivity index (χ3v) is 6.74. The highest BCUT2D eigenvalue weighted by Gasteiger charge is 2.34. The fourth-order valence-electron chi connectivity index (χ4n) is 4.12. The molecular formula is C29H21BrN2O4S. The topological polar surface area (TPSA) is 67.9 Å². The lowest BCUT2D eigenvalue weighted by atomic mass is 10.0. The van der Waals surface area contributed by atoms with Gasteiger partial charge in [-0.2, -0.15) is 0 Å². The Morgan fingerprint density at radius 2 is 1.73 bits per heavy atom. The van der Waals surface area contributed by atoms with Gasteiger partial charge in [0.2, 0.25) is 0 Å². The molecule has 2 amide bonds. The maximum atomic E-state index is 13.5. The van der Waals surface area contributed by atoms with Gasteiger partial charge >= 0.3 is 0 Å². The Morgan fingerprint density at radius 1 is 0.973 bits per heavy atom. The van der Waals surface area contributed by atoms with Crippen molar-refractivity contribution < 1.29 is 19.1 Å². The third kappa shape index (κ3) is 5.12. The van der Waals surface area contributed by atoms with E-state index in [1.807, 2.05) is 30.3 Å². The minimum atomic E-state index is -0.570. The summed E-state index contributed by atoms with van der Waals surface area (Å²) in [6.07, 6.45) is 1.53. The number of thiocarbonyl (C=S) groups is 1. The number of nitrogens with zero attached hydrogens (tertiary/aromatic N) is 1. The lowest BCUT2D eigenvalue weighted by Crippen LogP contribution is -2.54. The van der Waals surface area contributed by atoms with Gasteiger partial charge in [-0.15, -0.1) is 0 Å². The van der Waals surface area contributed by atoms with E-state index in [0.717, 1.165) is 20.8 Å². The maximum absolute atomic E-state index is 13.5. The first-order valence-electron chi connectivity index (χ1n) is 11.4. The first-order valence-corrected chi connectivity index (χ1v) is 12.6. The van der Waals surface area contributed by atoms with E-state index in [1.54, 1.807) is 43.5 Å². The average molecular weight is 573 g/mol. The number of benzene rings is 4. The number of nitrogens with one attached hydrogen (secondary N) is 1. The number of hydrogen-bond acceptors (Lipinski definition) is 5. The summed E-state index contributed by atoms with van der Waals surface area (Å²) in [7, 11) is 1.56. The van der Waals surface area contributed by atoms with Crippen LogP contribution in [0.5, 0.6) is 11.5 Å². The molecule has 0 unspecified atom stereocenters. The SMILES string of the molecule is COc1ccc(N2C(=O)/C(=C\c3cc(Br)ccc3OCc3cccc4ccccc34)C(=O)NC2=S)cc1.